The van der Waals surface area contributed by atoms with Gasteiger partial charge in [0.25, 0.3) is 0 Å². The molecule has 3 rings (SSSR count). The van der Waals surface area contributed by atoms with Crippen LogP contribution in [0.5, 0.6) is 0 Å². The van der Waals surface area contributed by atoms with Crippen LogP contribution in [0.3, 0.4) is 0 Å². The summed E-state index contributed by atoms with van der Waals surface area (Å²) in [4.78, 5) is 11.5. The maximum absolute atomic E-state index is 4.56. The van der Waals surface area contributed by atoms with Crippen molar-refractivity contribution in [2.24, 2.45) is 0 Å². The molecule has 0 radical (unpaired) electrons. The van der Waals surface area contributed by atoms with Crippen molar-refractivity contribution in [3.8, 4) is 0 Å². The van der Waals surface area contributed by atoms with Crippen LogP contribution in [0.15, 0.2) is 6.33 Å². The van der Waals surface area contributed by atoms with E-state index in [0.29, 0.717) is 6.04 Å². The minimum atomic E-state index is 0.629. The predicted octanol–water partition coefficient (Wildman–Crippen LogP) is 1.54. The summed E-state index contributed by atoms with van der Waals surface area (Å²) in [6.45, 7) is 5.45. The molecule has 1 fully saturated rings. The Morgan fingerprint density at radius 2 is 2.22 bits per heavy atom. The molecule has 98 valence electrons. The minimum absolute atomic E-state index is 0.629. The number of hydrogen-bond donors (Lipinski definition) is 1. The third-order valence-electron chi connectivity index (χ3n) is 4.08. The Morgan fingerprint density at radius 3 is 3.11 bits per heavy atom. The van der Waals surface area contributed by atoms with Gasteiger partial charge < -0.3 is 10.2 Å². The largest absolute Gasteiger partial charge is 0.355 e. The third-order valence-corrected chi connectivity index (χ3v) is 4.08. The summed E-state index contributed by atoms with van der Waals surface area (Å²) in [5, 5.41) is 3.54. The summed E-state index contributed by atoms with van der Waals surface area (Å²) < 4.78 is 0. The molecule has 4 nitrogen and oxygen atoms in total. The molecule has 2 aliphatic rings. The molecule has 1 atom stereocenters. The molecule has 1 aliphatic carbocycles. The maximum atomic E-state index is 4.56. The van der Waals surface area contributed by atoms with Gasteiger partial charge >= 0.3 is 0 Å². The van der Waals surface area contributed by atoms with Gasteiger partial charge in [-0.1, -0.05) is 6.92 Å². The molecule has 0 bridgehead atoms. The zero-order valence-corrected chi connectivity index (χ0v) is 11.2. The second-order valence-electron chi connectivity index (χ2n) is 5.32. The zero-order valence-electron chi connectivity index (χ0n) is 11.2. The van der Waals surface area contributed by atoms with Crippen LogP contribution in [-0.4, -0.2) is 35.6 Å². The Morgan fingerprint density at radius 1 is 1.33 bits per heavy atom. The lowest BCUT2D eigenvalue weighted by molar-refractivity contribution is 0.571. The second kappa shape index (κ2) is 5.22. The zero-order chi connectivity index (χ0) is 12.4. The SMILES string of the molecule is CCNC1CCN(c2ncnc3c2CCCC3)C1. The topological polar surface area (TPSA) is 41.0 Å². The van der Waals surface area contributed by atoms with Gasteiger partial charge in [0.05, 0.1) is 0 Å². The van der Waals surface area contributed by atoms with Crippen LogP contribution in [0.2, 0.25) is 0 Å². The summed E-state index contributed by atoms with van der Waals surface area (Å²) >= 11 is 0. The van der Waals surface area contributed by atoms with Crippen LogP contribution < -0.4 is 10.2 Å². The van der Waals surface area contributed by atoms with E-state index in [0.717, 1.165) is 32.5 Å². The van der Waals surface area contributed by atoms with Gasteiger partial charge in [0.2, 0.25) is 0 Å². The van der Waals surface area contributed by atoms with Crippen molar-refractivity contribution in [2.75, 3.05) is 24.5 Å². The molecule has 4 heteroatoms. The molecule has 1 aromatic rings. The molecule has 1 aliphatic heterocycles. The number of anilines is 1. The smallest absolute Gasteiger partial charge is 0.135 e. The van der Waals surface area contributed by atoms with Crippen molar-refractivity contribution in [2.45, 2.75) is 45.1 Å². The molecule has 1 unspecified atom stereocenters. The molecule has 1 aromatic heterocycles. The highest BCUT2D eigenvalue weighted by Crippen LogP contribution is 2.29. The number of likely N-dealkylation sites (N-methyl/N-ethyl adjacent to an activating group) is 1. The summed E-state index contributed by atoms with van der Waals surface area (Å²) in [6.07, 6.45) is 7.84. The summed E-state index contributed by atoms with van der Waals surface area (Å²) in [7, 11) is 0. The molecule has 1 N–H and O–H groups in total. The molecule has 0 aromatic carbocycles. The van der Waals surface area contributed by atoms with Gasteiger partial charge in [0, 0.05) is 30.4 Å². The van der Waals surface area contributed by atoms with Gasteiger partial charge in [-0.2, -0.15) is 0 Å². The number of nitrogens with zero attached hydrogens (tertiary/aromatic N) is 3. The van der Waals surface area contributed by atoms with E-state index in [1.807, 2.05) is 0 Å². The van der Waals surface area contributed by atoms with Gasteiger partial charge in [-0.3, -0.25) is 0 Å². The fourth-order valence-corrected chi connectivity index (χ4v) is 3.18. The van der Waals surface area contributed by atoms with E-state index in [2.05, 4.69) is 27.1 Å². The quantitative estimate of drug-likeness (QED) is 0.878. The fraction of sp³-hybridized carbons (Fsp3) is 0.714. The molecular formula is C14H22N4. The number of fused-ring (bicyclic) bond motifs is 1. The van der Waals surface area contributed by atoms with E-state index in [4.69, 9.17) is 0 Å². The van der Waals surface area contributed by atoms with E-state index >= 15 is 0 Å². The summed E-state index contributed by atoms with van der Waals surface area (Å²) in [5.74, 6) is 1.21. The molecular weight excluding hydrogens is 224 g/mol. The second-order valence-corrected chi connectivity index (χ2v) is 5.32. The van der Waals surface area contributed by atoms with Crippen molar-refractivity contribution < 1.29 is 0 Å². The Bertz CT molecular complexity index is 418. The van der Waals surface area contributed by atoms with E-state index in [1.165, 1.54) is 36.3 Å². The van der Waals surface area contributed by atoms with E-state index in [-0.39, 0.29) is 0 Å². The first-order valence-corrected chi connectivity index (χ1v) is 7.19. The highest BCUT2D eigenvalue weighted by atomic mass is 15.2. The summed E-state index contributed by atoms with van der Waals surface area (Å²) in [6, 6.07) is 0.629. The minimum Gasteiger partial charge on any atom is -0.355 e. The molecule has 2 heterocycles. The van der Waals surface area contributed by atoms with Crippen molar-refractivity contribution in [3.05, 3.63) is 17.6 Å². The lowest BCUT2D eigenvalue weighted by atomic mass is 9.96. The van der Waals surface area contributed by atoms with Crippen molar-refractivity contribution >= 4 is 5.82 Å². The van der Waals surface area contributed by atoms with E-state index in [9.17, 15) is 0 Å². The first kappa shape index (κ1) is 11.9. The standard InChI is InChI=1S/C14H22N4/c1-2-15-11-7-8-18(9-11)14-12-5-3-4-6-13(12)16-10-17-14/h10-11,15H,2-9H2,1H3. The van der Waals surface area contributed by atoms with Crippen LogP contribution in [-0.2, 0) is 12.8 Å². The van der Waals surface area contributed by atoms with Crippen LogP contribution in [0.25, 0.3) is 0 Å². The Balaban J connectivity index is 1.80. The lowest BCUT2D eigenvalue weighted by Crippen LogP contribution is -2.33. The average molecular weight is 246 g/mol. The number of nitrogens with one attached hydrogen (secondary N) is 1. The normalized spacial score (nSPS) is 23.2. The summed E-state index contributed by atoms with van der Waals surface area (Å²) in [5.41, 5.74) is 2.71. The number of aryl methyl sites for hydroxylation is 1. The van der Waals surface area contributed by atoms with Crippen LogP contribution in [0.4, 0.5) is 5.82 Å². The first-order valence-electron chi connectivity index (χ1n) is 7.19. The van der Waals surface area contributed by atoms with Gasteiger partial charge in [0.1, 0.15) is 12.1 Å². The molecule has 0 spiro atoms. The van der Waals surface area contributed by atoms with Crippen LogP contribution in [0, 0.1) is 0 Å². The Labute approximate surface area is 109 Å². The molecule has 1 saturated heterocycles. The van der Waals surface area contributed by atoms with Crippen molar-refractivity contribution in [3.63, 3.8) is 0 Å². The molecule has 0 amide bonds. The van der Waals surface area contributed by atoms with Gasteiger partial charge in [0.15, 0.2) is 0 Å². The number of rotatable bonds is 3. The van der Waals surface area contributed by atoms with Gasteiger partial charge in [-0.15, -0.1) is 0 Å². The molecule has 18 heavy (non-hydrogen) atoms. The predicted molar refractivity (Wildman–Crippen MR) is 73.0 cm³/mol. The van der Waals surface area contributed by atoms with Gasteiger partial charge in [-0.05, 0) is 38.6 Å². The van der Waals surface area contributed by atoms with E-state index < -0.39 is 0 Å². The van der Waals surface area contributed by atoms with Gasteiger partial charge in [-0.25, -0.2) is 9.97 Å². The Kier molecular flexibility index (Phi) is 3.46. The van der Waals surface area contributed by atoms with Crippen LogP contribution in [0.1, 0.15) is 37.4 Å². The third kappa shape index (κ3) is 2.21. The monoisotopic (exact) mass is 246 g/mol. The highest BCUT2D eigenvalue weighted by Gasteiger charge is 2.26. The van der Waals surface area contributed by atoms with Crippen molar-refractivity contribution in [1.82, 2.24) is 15.3 Å². The fourth-order valence-electron chi connectivity index (χ4n) is 3.18. The average Bonchev–Trinajstić information content (AvgIpc) is 2.87. The first-order chi connectivity index (χ1) is 8.88. The highest BCUT2D eigenvalue weighted by molar-refractivity contribution is 5.50. The number of aromatic nitrogens is 2. The molecule has 0 saturated carbocycles. The Hall–Kier alpha value is -1.16. The maximum Gasteiger partial charge on any atom is 0.135 e. The van der Waals surface area contributed by atoms with E-state index in [1.54, 1.807) is 6.33 Å². The lowest BCUT2D eigenvalue weighted by Gasteiger charge is -2.24. The van der Waals surface area contributed by atoms with Crippen LogP contribution >= 0.6 is 0 Å². The van der Waals surface area contributed by atoms with Crippen molar-refractivity contribution in [1.29, 1.82) is 0 Å². The number of hydrogen-bond acceptors (Lipinski definition) is 4.